The summed E-state index contributed by atoms with van der Waals surface area (Å²) in [7, 11) is 0. The smallest absolute Gasteiger partial charge is 0.253 e. The molecule has 0 unspecified atom stereocenters. The van der Waals surface area contributed by atoms with Gasteiger partial charge in [-0.1, -0.05) is 36.4 Å². The van der Waals surface area contributed by atoms with Gasteiger partial charge in [0.1, 0.15) is 0 Å². The second-order valence-corrected chi connectivity index (χ2v) is 5.87. The van der Waals surface area contributed by atoms with Crippen LogP contribution in [0.15, 0.2) is 67.4 Å². The highest BCUT2D eigenvalue weighted by atomic mass is 16.1. The number of carbonyl (C=O) groups excluding carboxylic acids is 1. The van der Waals surface area contributed by atoms with Crippen LogP contribution in [0.2, 0.25) is 0 Å². The second-order valence-electron chi connectivity index (χ2n) is 5.87. The van der Waals surface area contributed by atoms with Crippen LogP contribution >= 0.6 is 0 Å². The minimum Gasteiger partial charge on any atom is -0.348 e. The van der Waals surface area contributed by atoms with Crippen molar-refractivity contribution in [3.8, 4) is 0 Å². The van der Waals surface area contributed by atoms with Crippen molar-refractivity contribution in [2.75, 3.05) is 0 Å². The van der Waals surface area contributed by atoms with Crippen LogP contribution in [0, 0.1) is 0 Å². The number of fused-ring (bicyclic) bond motifs is 1. The van der Waals surface area contributed by atoms with Gasteiger partial charge in [-0.2, -0.15) is 5.10 Å². The fourth-order valence-corrected chi connectivity index (χ4v) is 2.79. The molecule has 6 heteroatoms. The molecule has 0 saturated heterocycles. The molecule has 6 nitrogen and oxygen atoms in total. The van der Waals surface area contributed by atoms with E-state index in [0.717, 1.165) is 23.0 Å². The average molecular weight is 331 g/mol. The number of nitrogens with zero attached hydrogens (tertiary/aromatic N) is 3. The number of rotatable bonds is 5. The maximum Gasteiger partial charge on any atom is 0.253 e. The van der Waals surface area contributed by atoms with Crippen molar-refractivity contribution in [1.82, 2.24) is 25.1 Å². The lowest BCUT2D eigenvalue weighted by atomic mass is 10.1. The number of aromatic nitrogens is 4. The van der Waals surface area contributed by atoms with Gasteiger partial charge >= 0.3 is 0 Å². The minimum absolute atomic E-state index is 0.114. The number of aromatic amines is 1. The van der Waals surface area contributed by atoms with E-state index in [1.54, 1.807) is 24.8 Å². The van der Waals surface area contributed by atoms with Crippen LogP contribution in [0.25, 0.3) is 10.9 Å². The molecule has 0 saturated carbocycles. The zero-order chi connectivity index (χ0) is 17.1. The Hall–Kier alpha value is -3.41. The van der Waals surface area contributed by atoms with Gasteiger partial charge in [-0.25, -0.2) is 4.98 Å². The summed E-state index contributed by atoms with van der Waals surface area (Å²) >= 11 is 0. The molecule has 0 aliphatic carbocycles. The summed E-state index contributed by atoms with van der Waals surface area (Å²) in [6, 6.07) is 13.8. The highest BCUT2D eigenvalue weighted by molar-refractivity contribution is 6.05. The quantitative estimate of drug-likeness (QED) is 0.590. The number of carbonyl (C=O) groups is 1. The first-order valence-corrected chi connectivity index (χ1v) is 8.03. The van der Waals surface area contributed by atoms with Crippen LogP contribution < -0.4 is 5.32 Å². The van der Waals surface area contributed by atoms with Gasteiger partial charge in [0, 0.05) is 30.9 Å². The molecule has 1 amide bonds. The lowest BCUT2D eigenvalue weighted by Gasteiger charge is -2.08. The number of nitrogens with one attached hydrogen (secondary N) is 2. The summed E-state index contributed by atoms with van der Waals surface area (Å²) in [6.07, 6.45) is 7.21. The van der Waals surface area contributed by atoms with E-state index in [1.807, 2.05) is 35.0 Å². The van der Waals surface area contributed by atoms with Crippen LogP contribution in [0.1, 0.15) is 21.5 Å². The predicted octanol–water partition coefficient (Wildman–Crippen LogP) is 2.74. The number of hydrogen-bond donors (Lipinski definition) is 2. The Bertz CT molecular complexity index is 986. The molecule has 0 atom stereocenters. The van der Waals surface area contributed by atoms with Gasteiger partial charge in [0.15, 0.2) is 0 Å². The largest absolute Gasteiger partial charge is 0.348 e. The molecular weight excluding hydrogens is 314 g/mol. The molecule has 0 bridgehead atoms. The molecule has 2 aromatic carbocycles. The van der Waals surface area contributed by atoms with Crippen molar-refractivity contribution in [2.24, 2.45) is 0 Å². The maximum atomic E-state index is 12.4. The summed E-state index contributed by atoms with van der Waals surface area (Å²) < 4.78 is 2.02. The first kappa shape index (κ1) is 15.1. The molecule has 2 N–H and O–H groups in total. The number of benzene rings is 2. The van der Waals surface area contributed by atoms with Crippen molar-refractivity contribution in [2.45, 2.75) is 13.1 Å². The highest BCUT2D eigenvalue weighted by Gasteiger charge is 2.10. The summed E-state index contributed by atoms with van der Waals surface area (Å²) in [5.41, 5.74) is 3.61. The molecule has 0 fully saturated rings. The predicted molar refractivity (Wildman–Crippen MR) is 95.0 cm³/mol. The molecule has 2 heterocycles. The van der Waals surface area contributed by atoms with E-state index in [0.29, 0.717) is 12.1 Å². The van der Waals surface area contributed by atoms with Crippen LogP contribution in [-0.2, 0) is 13.1 Å². The van der Waals surface area contributed by atoms with E-state index < -0.39 is 0 Å². The van der Waals surface area contributed by atoms with Gasteiger partial charge in [0.25, 0.3) is 5.91 Å². The summed E-state index contributed by atoms with van der Waals surface area (Å²) in [5, 5.41) is 10.8. The maximum absolute atomic E-state index is 12.4. The molecule has 25 heavy (non-hydrogen) atoms. The van der Waals surface area contributed by atoms with Gasteiger partial charge < -0.3 is 9.88 Å². The van der Waals surface area contributed by atoms with E-state index in [2.05, 4.69) is 32.6 Å². The topological polar surface area (TPSA) is 75.6 Å². The number of amides is 1. The molecule has 124 valence electrons. The van der Waals surface area contributed by atoms with Crippen molar-refractivity contribution in [1.29, 1.82) is 0 Å². The standard InChI is InChI=1S/C19H17N5O/c25-19(17-3-1-2-16-11-22-23-18(16)17)21-10-14-4-6-15(7-5-14)12-24-9-8-20-13-24/h1-9,11,13H,10,12H2,(H,21,25)(H,22,23). The minimum atomic E-state index is -0.114. The van der Waals surface area contributed by atoms with E-state index in [1.165, 1.54) is 5.56 Å². The average Bonchev–Trinajstić information content (AvgIpc) is 3.32. The van der Waals surface area contributed by atoms with Crippen molar-refractivity contribution in [3.05, 3.63) is 84.1 Å². The van der Waals surface area contributed by atoms with Gasteiger partial charge in [-0.3, -0.25) is 9.89 Å². The fourth-order valence-electron chi connectivity index (χ4n) is 2.79. The van der Waals surface area contributed by atoms with Gasteiger partial charge in [-0.05, 0) is 17.2 Å². The van der Waals surface area contributed by atoms with E-state index in [-0.39, 0.29) is 5.91 Å². The molecular formula is C19H17N5O. The van der Waals surface area contributed by atoms with Crippen molar-refractivity contribution in [3.63, 3.8) is 0 Å². The van der Waals surface area contributed by atoms with Gasteiger partial charge in [0.2, 0.25) is 0 Å². The Kier molecular flexibility index (Phi) is 4.00. The Morgan fingerprint density at radius 2 is 1.96 bits per heavy atom. The zero-order valence-corrected chi connectivity index (χ0v) is 13.5. The van der Waals surface area contributed by atoms with E-state index in [9.17, 15) is 4.79 Å². The molecule has 4 rings (SSSR count). The molecule has 4 aromatic rings. The Morgan fingerprint density at radius 3 is 2.76 bits per heavy atom. The first-order valence-electron chi connectivity index (χ1n) is 8.03. The fraction of sp³-hybridized carbons (Fsp3) is 0.105. The second kappa shape index (κ2) is 6.60. The molecule has 0 spiro atoms. The molecule has 2 aromatic heterocycles. The van der Waals surface area contributed by atoms with Crippen LogP contribution in [-0.4, -0.2) is 25.7 Å². The highest BCUT2D eigenvalue weighted by Crippen LogP contribution is 2.15. The van der Waals surface area contributed by atoms with Crippen molar-refractivity contribution >= 4 is 16.8 Å². The monoisotopic (exact) mass is 331 g/mol. The first-order chi connectivity index (χ1) is 12.3. The Morgan fingerprint density at radius 1 is 1.12 bits per heavy atom. The molecule has 0 aliphatic heterocycles. The number of para-hydroxylation sites is 1. The normalized spacial score (nSPS) is 10.9. The SMILES string of the molecule is O=C(NCc1ccc(Cn2ccnc2)cc1)c1cccc2cn[nH]c12. The van der Waals surface area contributed by atoms with Crippen molar-refractivity contribution < 1.29 is 4.79 Å². The van der Waals surface area contributed by atoms with Crippen LogP contribution in [0.3, 0.4) is 0 Å². The lowest BCUT2D eigenvalue weighted by Crippen LogP contribution is -2.23. The summed E-state index contributed by atoms with van der Waals surface area (Å²) in [5.74, 6) is -0.114. The molecule has 0 radical (unpaired) electrons. The van der Waals surface area contributed by atoms with E-state index in [4.69, 9.17) is 0 Å². The lowest BCUT2D eigenvalue weighted by molar-refractivity contribution is 0.0952. The third kappa shape index (κ3) is 3.28. The zero-order valence-electron chi connectivity index (χ0n) is 13.5. The molecule has 0 aliphatic rings. The third-order valence-corrected chi connectivity index (χ3v) is 4.12. The summed E-state index contributed by atoms with van der Waals surface area (Å²) in [4.78, 5) is 16.5. The third-order valence-electron chi connectivity index (χ3n) is 4.12. The Balaban J connectivity index is 1.41. The summed E-state index contributed by atoms with van der Waals surface area (Å²) in [6.45, 7) is 1.27. The van der Waals surface area contributed by atoms with Gasteiger partial charge in [0.05, 0.1) is 23.6 Å². The van der Waals surface area contributed by atoms with Crippen LogP contribution in [0.5, 0.6) is 0 Å². The van der Waals surface area contributed by atoms with Gasteiger partial charge in [-0.15, -0.1) is 0 Å². The van der Waals surface area contributed by atoms with E-state index >= 15 is 0 Å². The number of hydrogen-bond acceptors (Lipinski definition) is 3. The van der Waals surface area contributed by atoms with Crippen LogP contribution in [0.4, 0.5) is 0 Å². The Labute approximate surface area is 144 Å². The number of imidazole rings is 1. The number of H-pyrrole nitrogens is 1.